The van der Waals surface area contributed by atoms with E-state index in [2.05, 4.69) is 15.1 Å². The van der Waals surface area contributed by atoms with Crippen molar-refractivity contribution in [2.75, 3.05) is 19.6 Å². The number of furan rings is 1. The highest BCUT2D eigenvalue weighted by Gasteiger charge is 2.33. The normalized spacial score (nSPS) is 19.6. The molecule has 1 saturated heterocycles. The number of benzene rings is 1. The molecule has 1 N–H and O–H groups in total. The Labute approximate surface area is 174 Å². The molecule has 2 aliphatic rings. The molecule has 7 heteroatoms. The molecule has 6 nitrogen and oxygen atoms in total. The number of hydrogen-bond acceptors (Lipinski definition) is 4. The molecule has 1 fully saturated rings. The number of H-pyrrole nitrogens is 1. The van der Waals surface area contributed by atoms with E-state index in [1.165, 1.54) is 6.07 Å². The van der Waals surface area contributed by atoms with E-state index in [0.29, 0.717) is 30.8 Å². The van der Waals surface area contributed by atoms with Gasteiger partial charge in [-0.15, -0.1) is 0 Å². The summed E-state index contributed by atoms with van der Waals surface area (Å²) >= 11 is 0. The lowest BCUT2D eigenvalue weighted by Gasteiger charge is -2.36. The predicted molar refractivity (Wildman–Crippen MR) is 110 cm³/mol. The quantitative estimate of drug-likeness (QED) is 0.716. The van der Waals surface area contributed by atoms with Crippen LogP contribution in [0, 0.1) is 11.7 Å². The van der Waals surface area contributed by atoms with Crippen molar-refractivity contribution in [2.24, 2.45) is 5.92 Å². The first-order valence-electron chi connectivity index (χ1n) is 10.5. The SMILES string of the molecule is O=C([C@H]1CCCN(Cc2ccco2)C1)N1CCc2[nH]nc(-c3ccccc3F)c2C1. The molecule has 0 saturated carbocycles. The van der Waals surface area contributed by atoms with E-state index < -0.39 is 0 Å². The summed E-state index contributed by atoms with van der Waals surface area (Å²) in [7, 11) is 0. The maximum atomic E-state index is 14.3. The van der Waals surface area contributed by atoms with E-state index in [-0.39, 0.29) is 17.6 Å². The number of hydrogen-bond donors (Lipinski definition) is 1. The smallest absolute Gasteiger partial charge is 0.227 e. The second-order valence-electron chi connectivity index (χ2n) is 8.17. The third kappa shape index (κ3) is 3.65. The zero-order chi connectivity index (χ0) is 20.5. The molecule has 5 rings (SSSR count). The highest BCUT2D eigenvalue weighted by molar-refractivity contribution is 5.80. The Morgan fingerprint density at radius 1 is 1.23 bits per heavy atom. The van der Waals surface area contributed by atoms with Gasteiger partial charge in [-0.05, 0) is 43.7 Å². The van der Waals surface area contributed by atoms with Gasteiger partial charge in [0.1, 0.15) is 17.3 Å². The van der Waals surface area contributed by atoms with E-state index in [9.17, 15) is 9.18 Å². The number of amides is 1. The van der Waals surface area contributed by atoms with Gasteiger partial charge in [0.25, 0.3) is 0 Å². The largest absolute Gasteiger partial charge is 0.468 e. The van der Waals surface area contributed by atoms with Crippen LogP contribution >= 0.6 is 0 Å². The van der Waals surface area contributed by atoms with Gasteiger partial charge < -0.3 is 9.32 Å². The minimum atomic E-state index is -0.295. The molecule has 1 aromatic carbocycles. The molecule has 0 unspecified atom stereocenters. The number of aromatic amines is 1. The van der Waals surface area contributed by atoms with Gasteiger partial charge in [0.05, 0.1) is 18.7 Å². The number of likely N-dealkylation sites (tertiary alicyclic amines) is 1. The monoisotopic (exact) mass is 408 g/mol. The summed E-state index contributed by atoms with van der Waals surface area (Å²) in [4.78, 5) is 17.5. The van der Waals surface area contributed by atoms with Crippen LogP contribution in [0.25, 0.3) is 11.3 Å². The third-order valence-electron chi connectivity index (χ3n) is 6.19. The number of carbonyl (C=O) groups excluding carboxylic acids is 1. The highest BCUT2D eigenvalue weighted by atomic mass is 19.1. The Hall–Kier alpha value is -2.93. The van der Waals surface area contributed by atoms with Crippen LogP contribution in [0.15, 0.2) is 47.1 Å². The Kier molecular flexibility index (Phi) is 5.12. The van der Waals surface area contributed by atoms with Crippen LogP contribution < -0.4 is 0 Å². The van der Waals surface area contributed by atoms with Crippen molar-refractivity contribution in [3.05, 3.63) is 65.5 Å². The third-order valence-corrected chi connectivity index (χ3v) is 6.19. The van der Waals surface area contributed by atoms with Gasteiger partial charge in [-0.1, -0.05) is 12.1 Å². The van der Waals surface area contributed by atoms with E-state index in [0.717, 1.165) is 49.5 Å². The summed E-state index contributed by atoms with van der Waals surface area (Å²) in [5.41, 5.74) is 3.03. The lowest BCUT2D eigenvalue weighted by atomic mass is 9.94. The molecule has 0 spiro atoms. The fourth-order valence-electron chi connectivity index (χ4n) is 4.64. The summed E-state index contributed by atoms with van der Waals surface area (Å²) in [5.74, 6) is 0.805. The Morgan fingerprint density at radius 2 is 2.13 bits per heavy atom. The summed E-state index contributed by atoms with van der Waals surface area (Å²) in [5, 5.41) is 7.42. The van der Waals surface area contributed by atoms with Crippen molar-refractivity contribution in [1.29, 1.82) is 0 Å². The van der Waals surface area contributed by atoms with Gasteiger partial charge >= 0.3 is 0 Å². The second kappa shape index (κ2) is 8.07. The number of piperidine rings is 1. The molecule has 2 aliphatic heterocycles. The van der Waals surface area contributed by atoms with Crippen LogP contribution in [-0.2, 0) is 24.3 Å². The van der Waals surface area contributed by atoms with E-state index in [1.54, 1.807) is 24.5 Å². The number of rotatable bonds is 4. The van der Waals surface area contributed by atoms with Gasteiger partial charge in [0.2, 0.25) is 5.91 Å². The first kappa shape index (κ1) is 19.1. The number of halogens is 1. The lowest BCUT2D eigenvalue weighted by Crippen LogP contribution is -2.46. The number of nitrogens with zero attached hydrogens (tertiary/aromatic N) is 3. The van der Waals surface area contributed by atoms with Gasteiger partial charge in [0, 0.05) is 42.9 Å². The van der Waals surface area contributed by atoms with Gasteiger partial charge in [0.15, 0.2) is 0 Å². The minimum absolute atomic E-state index is 0.0147. The van der Waals surface area contributed by atoms with Crippen molar-refractivity contribution < 1.29 is 13.6 Å². The minimum Gasteiger partial charge on any atom is -0.468 e. The molecule has 1 atom stereocenters. The van der Waals surface area contributed by atoms with E-state index in [1.807, 2.05) is 17.0 Å². The molecule has 0 bridgehead atoms. The Morgan fingerprint density at radius 3 is 2.97 bits per heavy atom. The summed E-state index contributed by atoms with van der Waals surface area (Å²) in [6.07, 6.45) is 4.31. The standard InChI is InChI=1S/C23H25FN4O2/c24-20-8-2-1-7-18(20)22-19-15-28(11-9-21(19)25-26-22)23(29)16-5-3-10-27(13-16)14-17-6-4-12-30-17/h1-2,4,6-8,12,16H,3,5,9-11,13-15H2,(H,25,26)/t16-/m0/s1. The van der Waals surface area contributed by atoms with Crippen molar-refractivity contribution in [3.63, 3.8) is 0 Å². The zero-order valence-electron chi connectivity index (χ0n) is 16.8. The maximum absolute atomic E-state index is 14.3. The molecular formula is C23H25FN4O2. The van der Waals surface area contributed by atoms with Crippen LogP contribution in [-0.4, -0.2) is 45.5 Å². The molecule has 30 heavy (non-hydrogen) atoms. The Balaban J connectivity index is 1.30. The summed E-state index contributed by atoms with van der Waals surface area (Å²) in [6.45, 7) is 3.60. The average Bonchev–Trinajstić information content (AvgIpc) is 3.43. The number of aromatic nitrogens is 2. The first-order valence-corrected chi connectivity index (χ1v) is 10.5. The van der Waals surface area contributed by atoms with Crippen molar-refractivity contribution in [1.82, 2.24) is 20.0 Å². The predicted octanol–water partition coefficient (Wildman–Crippen LogP) is 3.61. The maximum Gasteiger partial charge on any atom is 0.227 e. The molecule has 0 radical (unpaired) electrons. The number of fused-ring (bicyclic) bond motifs is 1. The highest BCUT2D eigenvalue weighted by Crippen LogP contribution is 2.31. The van der Waals surface area contributed by atoms with Crippen molar-refractivity contribution >= 4 is 5.91 Å². The summed E-state index contributed by atoms with van der Waals surface area (Å²) < 4.78 is 19.8. The first-order chi connectivity index (χ1) is 14.7. The van der Waals surface area contributed by atoms with Crippen LogP contribution in [0.2, 0.25) is 0 Å². The molecule has 1 amide bonds. The molecule has 2 aromatic heterocycles. The lowest BCUT2D eigenvalue weighted by molar-refractivity contribution is -0.138. The van der Waals surface area contributed by atoms with Crippen molar-refractivity contribution in [3.8, 4) is 11.3 Å². The van der Waals surface area contributed by atoms with Crippen LogP contribution in [0.3, 0.4) is 0 Å². The van der Waals surface area contributed by atoms with E-state index in [4.69, 9.17) is 4.42 Å². The molecule has 3 aromatic rings. The Bertz CT molecular complexity index is 1030. The fraction of sp³-hybridized carbons (Fsp3) is 0.391. The van der Waals surface area contributed by atoms with Crippen LogP contribution in [0.1, 0.15) is 29.9 Å². The van der Waals surface area contributed by atoms with Gasteiger partial charge in [-0.2, -0.15) is 5.10 Å². The molecule has 4 heterocycles. The fourth-order valence-corrected chi connectivity index (χ4v) is 4.64. The molecule has 0 aliphatic carbocycles. The van der Waals surface area contributed by atoms with Crippen molar-refractivity contribution in [2.45, 2.75) is 32.4 Å². The average molecular weight is 408 g/mol. The number of nitrogens with one attached hydrogen (secondary N) is 1. The van der Waals surface area contributed by atoms with Gasteiger partial charge in [-0.3, -0.25) is 14.8 Å². The topological polar surface area (TPSA) is 65.4 Å². The number of carbonyl (C=O) groups is 1. The van der Waals surface area contributed by atoms with E-state index >= 15 is 0 Å². The van der Waals surface area contributed by atoms with Crippen LogP contribution in [0.4, 0.5) is 4.39 Å². The zero-order valence-corrected chi connectivity index (χ0v) is 16.8. The molecule has 156 valence electrons. The van der Waals surface area contributed by atoms with Gasteiger partial charge in [-0.25, -0.2) is 4.39 Å². The molecular weight excluding hydrogens is 383 g/mol. The second-order valence-corrected chi connectivity index (χ2v) is 8.17. The summed E-state index contributed by atoms with van der Waals surface area (Å²) in [6, 6.07) is 10.5. The van der Waals surface area contributed by atoms with Crippen LogP contribution in [0.5, 0.6) is 0 Å².